The molecule has 118 valence electrons. The second kappa shape index (κ2) is 6.48. The van der Waals surface area contributed by atoms with Crippen LogP contribution in [0.1, 0.15) is 0 Å². The average Bonchev–Trinajstić information content (AvgIpc) is 2.54. The summed E-state index contributed by atoms with van der Waals surface area (Å²) >= 11 is 0. The number of aromatic nitrogens is 2. The van der Waals surface area contributed by atoms with Crippen LogP contribution < -0.4 is 18.9 Å². The Morgan fingerprint density at radius 3 is 2.14 bits per heavy atom. The largest absolute Gasteiger partial charge is 0.493 e. The van der Waals surface area contributed by atoms with E-state index in [-0.39, 0.29) is 16.6 Å². The maximum Gasteiger partial charge on any atom is 0.316 e. The van der Waals surface area contributed by atoms with Crippen molar-refractivity contribution in [3.05, 3.63) is 30.6 Å². The topological polar surface area (TPSA) is 99.6 Å². The van der Waals surface area contributed by atoms with Crippen molar-refractivity contribution in [2.24, 2.45) is 0 Å². The van der Waals surface area contributed by atoms with Gasteiger partial charge in [-0.25, -0.2) is 18.4 Å². The lowest BCUT2D eigenvalue weighted by Gasteiger charge is -2.11. The van der Waals surface area contributed by atoms with E-state index in [1.54, 1.807) is 0 Å². The summed E-state index contributed by atoms with van der Waals surface area (Å²) in [7, 11) is 0.523. The van der Waals surface area contributed by atoms with Gasteiger partial charge in [-0.05, 0) is 12.1 Å². The molecule has 1 N–H and O–H groups in total. The van der Waals surface area contributed by atoms with E-state index in [1.165, 1.54) is 51.9 Å². The summed E-state index contributed by atoms with van der Waals surface area (Å²) < 4.78 is 42.0. The van der Waals surface area contributed by atoms with Gasteiger partial charge in [0.1, 0.15) is 0 Å². The summed E-state index contributed by atoms with van der Waals surface area (Å²) in [5, 5.41) is 0. The first-order chi connectivity index (χ1) is 10.5. The molecular weight excluding hydrogens is 310 g/mol. The summed E-state index contributed by atoms with van der Waals surface area (Å²) in [5.74, 6) is 0.755. The molecule has 9 heteroatoms. The zero-order chi connectivity index (χ0) is 16.2. The van der Waals surface area contributed by atoms with Crippen molar-refractivity contribution in [2.75, 3.05) is 26.1 Å². The monoisotopic (exact) mass is 325 g/mol. The van der Waals surface area contributed by atoms with Gasteiger partial charge in [0.05, 0.1) is 44.3 Å². The van der Waals surface area contributed by atoms with Crippen LogP contribution in [0, 0.1) is 0 Å². The molecule has 0 radical (unpaired) electrons. The van der Waals surface area contributed by atoms with Crippen LogP contribution in [0.2, 0.25) is 0 Å². The fourth-order valence-corrected chi connectivity index (χ4v) is 2.72. The van der Waals surface area contributed by atoms with Crippen molar-refractivity contribution in [3.8, 4) is 17.5 Å². The van der Waals surface area contributed by atoms with Gasteiger partial charge in [0, 0.05) is 6.07 Å². The molecule has 0 amide bonds. The summed E-state index contributed by atoms with van der Waals surface area (Å²) in [4.78, 5) is 7.69. The summed E-state index contributed by atoms with van der Waals surface area (Å²) in [6.07, 6.45) is 2.62. The van der Waals surface area contributed by atoms with Crippen LogP contribution in [0.25, 0.3) is 0 Å². The summed E-state index contributed by atoms with van der Waals surface area (Å²) in [6.45, 7) is 0. The lowest BCUT2D eigenvalue weighted by atomic mass is 10.3. The third-order valence-electron chi connectivity index (χ3n) is 2.73. The minimum absolute atomic E-state index is 0.0287. The molecular formula is C13H15N3O5S. The number of rotatable bonds is 6. The molecule has 0 saturated carbocycles. The van der Waals surface area contributed by atoms with Crippen LogP contribution in [-0.2, 0) is 10.0 Å². The molecule has 0 saturated heterocycles. The number of anilines is 1. The fraction of sp³-hybridized carbons (Fsp3) is 0.231. The highest BCUT2D eigenvalue weighted by Gasteiger charge is 2.17. The number of nitrogens with one attached hydrogen (secondary N) is 1. The fourth-order valence-electron chi connectivity index (χ4n) is 1.67. The van der Waals surface area contributed by atoms with Gasteiger partial charge in [-0.2, -0.15) is 0 Å². The van der Waals surface area contributed by atoms with Crippen molar-refractivity contribution >= 4 is 15.7 Å². The van der Waals surface area contributed by atoms with E-state index in [0.717, 1.165) is 0 Å². The molecule has 1 aromatic heterocycles. The Morgan fingerprint density at radius 1 is 0.955 bits per heavy atom. The SMILES string of the molecule is COc1ncc(NS(=O)(=O)c2ccc(OC)c(OC)c2)cn1. The van der Waals surface area contributed by atoms with Gasteiger partial charge in [-0.15, -0.1) is 0 Å². The van der Waals surface area contributed by atoms with Gasteiger partial charge in [-0.3, -0.25) is 4.72 Å². The molecule has 8 nitrogen and oxygen atoms in total. The summed E-state index contributed by atoms with van der Waals surface area (Å²) in [6, 6.07) is 4.44. The zero-order valence-electron chi connectivity index (χ0n) is 12.2. The molecule has 0 bridgehead atoms. The molecule has 0 fully saturated rings. The molecule has 0 unspecified atom stereocenters. The maximum absolute atomic E-state index is 12.3. The molecule has 2 aromatic rings. The van der Waals surface area contributed by atoms with Gasteiger partial charge < -0.3 is 14.2 Å². The number of hydrogen-bond acceptors (Lipinski definition) is 7. The van der Waals surface area contributed by atoms with Crippen molar-refractivity contribution in [1.29, 1.82) is 0 Å². The van der Waals surface area contributed by atoms with Crippen LogP contribution in [0.3, 0.4) is 0 Å². The van der Waals surface area contributed by atoms with Crippen LogP contribution in [0.15, 0.2) is 35.5 Å². The lowest BCUT2D eigenvalue weighted by Crippen LogP contribution is -2.13. The quantitative estimate of drug-likeness (QED) is 0.854. The van der Waals surface area contributed by atoms with Crippen molar-refractivity contribution in [2.45, 2.75) is 4.90 Å². The average molecular weight is 325 g/mol. The van der Waals surface area contributed by atoms with Gasteiger partial charge in [-0.1, -0.05) is 0 Å². The Balaban J connectivity index is 2.29. The highest BCUT2D eigenvalue weighted by atomic mass is 32.2. The minimum atomic E-state index is -3.80. The predicted molar refractivity (Wildman–Crippen MR) is 78.9 cm³/mol. The van der Waals surface area contributed by atoms with Crippen LogP contribution in [0.5, 0.6) is 17.5 Å². The third kappa shape index (κ3) is 3.37. The minimum Gasteiger partial charge on any atom is -0.493 e. The molecule has 0 aliphatic rings. The Kier molecular flexibility index (Phi) is 4.66. The Morgan fingerprint density at radius 2 is 1.59 bits per heavy atom. The maximum atomic E-state index is 12.3. The van der Waals surface area contributed by atoms with E-state index >= 15 is 0 Å². The smallest absolute Gasteiger partial charge is 0.316 e. The number of ether oxygens (including phenoxy) is 3. The molecule has 1 aromatic carbocycles. The van der Waals surface area contributed by atoms with E-state index < -0.39 is 10.0 Å². The van der Waals surface area contributed by atoms with Crippen LogP contribution in [-0.4, -0.2) is 39.7 Å². The molecule has 0 spiro atoms. The highest BCUT2D eigenvalue weighted by molar-refractivity contribution is 7.92. The third-order valence-corrected chi connectivity index (χ3v) is 4.11. The van der Waals surface area contributed by atoms with Crippen LogP contribution >= 0.6 is 0 Å². The zero-order valence-corrected chi connectivity index (χ0v) is 13.0. The van der Waals surface area contributed by atoms with Crippen molar-refractivity contribution in [3.63, 3.8) is 0 Å². The van der Waals surface area contributed by atoms with Gasteiger partial charge in [0.25, 0.3) is 10.0 Å². The Bertz CT molecular complexity index is 747. The van der Waals surface area contributed by atoms with Gasteiger partial charge >= 0.3 is 6.01 Å². The predicted octanol–water partition coefficient (Wildman–Crippen LogP) is 1.30. The normalized spacial score (nSPS) is 10.9. The van der Waals surface area contributed by atoms with E-state index in [2.05, 4.69) is 14.7 Å². The Labute approximate surface area is 128 Å². The molecule has 2 rings (SSSR count). The van der Waals surface area contributed by atoms with Crippen molar-refractivity contribution in [1.82, 2.24) is 9.97 Å². The first kappa shape index (κ1) is 15.8. The molecule has 0 aliphatic carbocycles. The van der Waals surface area contributed by atoms with Gasteiger partial charge in [0.2, 0.25) is 0 Å². The number of hydrogen-bond donors (Lipinski definition) is 1. The van der Waals surface area contributed by atoms with E-state index in [4.69, 9.17) is 14.2 Å². The lowest BCUT2D eigenvalue weighted by molar-refractivity contribution is 0.354. The molecule has 1 heterocycles. The highest BCUT2D eigenvalue weighted by Crippen LogP contribution is 2.30. The first-order valence-electron chi connectivity index (χ1n) is 6.11. The van der Waals surface area contributed by atoms with E-state index in [1.807, 2.05) is 0 Å². The number of sulfonamides is 1. The van der Waals surface area contributed by atoms with Gasteiger partial charge in [0.15, 0.2) is 11.5 Å². The second-order valence-corrected chi connectivity index (χ2v) is 5.76. The summed E-state index contributed by atoms with van der Waals surface area (Å²) in [5.41, 5.74) is 0.218. The van der Waals surface area contributed by atoms with E-state index in [0.29, 0.717) is 11.5 Å². The van der Waals surface area contributed by atoms with Crippen LogP contribution in [0.4, 0.5) is 5.69 Å². The first-order valence-corrected chi connectivity index (χ1v) is 7.59. The van der Waals surface area contributed by atoms with E-state index in [9.17, 15) is 8.42 Å². The molecule has 22 heavy (non-hydrogen) atoms. The second-order valence-electron chi connectivity index (χ2n) is 4.08. The van der Waals surface area contributed by atoms with Crippen molar-refractivity contribution < 1.29 is 22.6 Å². The molecule has 0 atom stereocenters. The standard InChI is InChI=1S/C13H15N3O5S/c1-19-11-5-4-10(6-12(11)20-2)22(17,18)16-9-7-14-13(21-3)15-8-9/h4-8,16H,1-3H3. The Hall–Kier alpha value is -2.55. The number of nitrogens with zero attached hydrogens (tertiary/aromatic N) is 2. The number of methoxy groups -OCH3 is 3. The number of benzene rings is 1. The molecule has 0 aliphatic heterocycles.